The number of hydrogen-bond donors (Lipinski definition) is 2. The molecule has 3 N–H and O–H groups in total. The van der Waals surface area contributed by atoms with Crippen LogP contribution in [0.25, 0.3) is 0 Å². The predicted octanol–water partition coefficient (Wildman–Crippen LogP) is 1.99. The topological polar surface area (TPSA) is 49.5 Å². The maximum Gasteiger partial charge on any atom is 0.0431 e. The Morgan fingerprint density at radius 2 is 2.18 bits per heavy atom. The summed E-state index contributed by atoms with van der Waals surface area (Å²) in [7, 11) is 0. The summed E-state index contributed by atoms with van der Waals surface area (Å²) in [6, 6.07) is 0. The molecule has 0 spiro atoms. The Morgan fingerprint density at radius 3 is 2.71 bits per heavy atom. The molecule has 0 aromatic carbocycles. The van der Waals surface area contributed by atoms with Crippen molar-refractivity contribution in [1.29, 1.82) is 0 Å². The number of likely N-dealkylation sites (N-methyl/N-ethyl adjacent to an activating group) is 1. The van der Waals surface area contributed by atoms with Gasteiger partial charge in [0, 0.05) is 18.7 Å². The fourth-order valence-corrected chi connectivity index (χ4v) is 3.38. The maximum atomic E-state index is 8.88. The van der Waals surface area contributed by atoms with E-state index in [9.17, 15) is 0 Å². The number of aliphatic hydroxyl groups excluding tert-OH is 1. The summed E-state index contributed by atoms with van der Waals surface area (Å²) in [5, 5.41) is 8.88. The monoisotopic (exact) mass is 242 g/mol. The zero-order valence-electron chi connectivity index (χ0n) is 11.6. The van der Waals surface area contributed by atoms with Gasteiger partial charge in [0.05, 0.1) is 0 Å². The molecular formula is C14H30N2O. The molecule has 102 valence electrons. The zero-order valence-corrected chi connectivity index (χ0v) is 11.6. The number of nitrogens with zero attached hydrogens (tertiary/aromatic N) is 1. The van der Waals surface area contributed by atoms with Crippen LogP contribution in [0, 0.1) is 5.92 Å². The Bertz CT molecular complexity index is 210. The highest BCUT2D eigenvalue weighted by atomic mass is 16.2. The van der Waals surface area contributed by atoms with Gasteiger partial charge in [0.1, 0.15) is 0 Å². The average molecular weight is 242 g/mol. The van der Waals surface area contributed by atoms with Gasteiger partial charge < -0.3 is 10.8 Å². The lowest BCUT2D eigenvalue weighted by molar-refractivity contribution is 0.0409. The molecule has 1 rings (SSSR count). The Balaban J connectivity index is 2.60. The molecule has 0 aliphatic heterocycles. The molecule has 3 heteroatoms. The van der Waals surface area contributed by atoms with Gasteiger partial charge in [-0.25, -0.2) is 0 Å². The first-order valence-electron chi connectivity index (χ1n) is 7.24. The van der Waals surface area contributed by atoms with E-state index in [0.717, 1.165) is 38.4 Å². The molecule has 0 bridgehead atoms. The average Bonchev–Trinajstić information content (AvgIpc) is 2.34. The highest BCUT2D eigenvalue weighted by Crippen LogP contribution is 2.36. The normalized spacial score (nSPS) is 29.8. The molecule has 0 amide bonds. The van der Waals surface area contributed by atoms with Crippen LogP contribution in [-0.4, -0.2) is 41.8 Å². The molecule has 0 saturated heterocycles. The van der Waals surface area contributed by atoms with E-state index < -0.39 is 0 Å². The minimum atomic E-state index is 0.238. The van der Waals surface area contributed by atoms with E-state index in [4.69, 9.17) is 10.8 Å². The van der Waals surface area contributed by atoms with E-state index in [0.29, 0.717) is 6.61 Å². The van der Waals surface area contributed by atoms with E-state index in [1.807, 2.05) is 0 Å². The number of hydrogen-bond acceptors (Lipinski definition) is 3. The second kappa shape index (κ2) is 7.34. The van der Waals surface area contributed by atoms with Gasteiger partial charge in [-0.05, 0) is 44.7 Å². The first-order chi connectivity index (χ1) is 8.18. The van der Waals surface area contributed by atoms with Crippen molar-refractivity contribution in [2.75, 3.05) is 26.2 Å². The second-order valence-electron chi connectivity index (χ2n) is 5.64. The van der Waals surface area contributed by atoms with Crippen molar-refractivity contribution in [3.63, 3.8) is 0 Å². The molecule has 0 aromatic heterocycles. The summed E-state index contributed by atoms with van der Waals surface area (Å²) < 4.78 is 0. The van der Waals surface area contributed by atoms with Crippen LogP contribution in [0.2, 0.25) is 0 Å². The van der Waals surface area contributed by atoms with E-state index in [-0.39, 0.29) is 5.54 Å². The van der Waals surface area contributed by atoms with Gasteiger partial charge in [-0.15, -0.1) is 0 Å². The third kappa shape index (κ3) is 3.94. The molecular weight excluding hydrogens is 212 g/mol. The van der Waals surface area contributed by atoms with Gasteiger partial charge in [0.2, 0.25) is 0 Å². The molecule has 1 saturated carbocycles. The lowest BCUT2D eigenvalue weighted by Crippen LogP contribution is -2.56. The van der Waals surface area contributed by atoms with Crippen LogP contribution in [0.1, 0.15) is 52.4 Å². The van der Waals surface area contributed by atoms with Gasteiger partial charge in [-0.1, -0.05) is 26.7 Å². The summed E-state index contributed by atoms with van der Waals surface area (Å²) in [5.74, 6) is 0.805. The number of aliphatic hydroxyl groups is 1. The van der Waals surface area contributed by atoms with Gasteiger partial charge >= 0.3 is 0 Å². The van der Waals surface area contributed by atoms with Crippen LogP contribution in [-0.2, 0) is 0 Å². The SMILES string of the molecule is CCN(CCCCO)C1(CN)CCCC(C)C1. The molecule has 1 aliphatic rings. The van der Waals surface area contributed by atoms with Gasteiger partial charge in [0.25, 0.3) is 0 Å². The summed E-state index contributed by atoms with van der Waals surface area (Å²) in [4.78, 5) is 2.57. The summed E-state index contributed by atoms with van der Waals surface area (Å²) in [6.07, 6.45) is 7.16. The third-order valence-electron chi connectivity index (χ3n) is 4.34. The lowest BCUT2D eigenvalue weighted by atomic mass is 9.75. The van der Waals surface area contributed by atoms with Crippen LogP contribution < -0.4 is 5.73 Å². The standard InChI is InChI=1S/C14H30N2O/c1-3-16(9-4-5-10-17)14(12-15)8-6-7-13(2)11-14/h13,17H,3-12,15H2,1-2H3. The number of rotatable bonds is 7. The van der Waals surface area contributed by atoms with Crippen molar-refractivity contribution < 1.29 is 5.11 Å². The van der Waals surface area contributed by atoms with Crippen LogP contribution in [0.15, 0.2) is 0 Å². The Morgan fingerprint density at radius 1 is 1.41 bits per heavy atom. The van der Waals surface area contributed by atoms with Crippen LogP contribution in [0.4, 0.5) is 0 Å². The minimum absolute atomic E-state index is 0.238. The molecule has 1 aliphatic carbocycles. The molecule has 0 heterocycles. The Kier molecular flexibility index (Phi) is 6.45. The quantitative estimate of drug-likeness (QED) is 0.671. The highest BCUT2D eigenvalue weighted by molar-refractivity contribution is 4.95. The molecule has 1 fully saturated rings. The second-order valence-corrected chi connectivity index (χ2v) is 5.64. The molecule has 2 atom stereocenters. The minimum Gasteiger partial charge on any atom is -0.396 e. The summed E-state index contributed by atoms with van der Waals surface area (Å²) >= 11 is 0. The predicted molar refractivity (Wildman–Crippen MR) is 73.0 cm³/mol. The lowest BCUT2D eigenvalue weighted by Gasteiger charge is -2.47. The number of nitrogens with two attached hydrogens (primary N) is 1. The van der Waals surface area contributed by atoms with Crippen molar-refractivity contribution in [3.8, 4) is 0 Å². The van der Waals surface area contributed by atoms with Crippen molar-refractivity contribution in [2.45, 2.75) is 57.9 Å². The zero-order chi connectivity index (χ0) is 12.7. The van der Waals surface area contributed by atoms with Crippen LogP contribution >= 0.6 is 0 Å². The van der Waals surface area contributed by atoms with Crippen molar-refractivity contribution in [2.24, 2.45) is 11.7 Å². The summed E-state index contributed by atoms with van der Waals surface area (Å²) in [5.41, 5.74) is 6.33. The van der Waals surface area contributed by atoms with Crippen LogP contribution in [0.5, 0.6) is 0 Å². The van der Waals surface area contributed by atoms with Crippen molar-refractivity contribution >= 4 is 0 Å². The van der Waals surface area contributed by atoms with Crippen LogP contribution in [0.3, 0.4) is 0 Å². The van der Waals surface area contributed by atoms with Gasteiger partial charge in [-0.3, -0.25) is 4.90 Å². The smallest absolute Gasteiger partial charge is 0.0431 e. The molecule has 2 unspecified atom stereocenters. The molecule has 0 aromatic rings. The fourth-order valence-electron chi connectivity index (χ4n) is 3.38. The Labute approximate surface area is 106 Å². The highest BCUT2D eigenvalue weighted by Gasteiger charge is 2.37. The van der Waals surface area contributed by atoms with E-state index in [1.54, 1.807) is 0 Å². The number of unbranched alkanes of at least 4 members (excludes halogenated alkanes) is 1. The van der Waals surface area contributed by atoms with Gasteiger partial charge in [0.15, 0.2) is 0 Å². The molecule has 3 nitrogen and oxygen atoms in total. The molecule has 17 heavy (non-hydrogen) atoms. The van der Waals surface area contributed by atoms with Crippen molar-refractivity contribution in [3.05, 3.63) is 0 Å². The van der Waals surface area contributed by atoms with E-state index in [2.05, 4.69) is 18.7 Å². The first kappa shape index (κ1) is 14.9. The maximum absolute atomic E-state index is 8.88. The largest absolute Gasteiger partial charge is 0.396 e. The Hall–Kier alpha value is -0.120. The molecule has 0 radical (unpaired) electrons. The third-order valence-corrected chi connectivity index (χ3v) is 4.34. The van der Waals surface area contributed by atoms with Crippen molar-refractivity contribution in [1.82, 2.24) is 4.90 Å². The fraction of sp³-hybridized carbons (Fsp3) is 1.00. The van der Waals surface area contributed by atoms with E-state index in [1.165, 1.54) is 25.7 Å². The van der Waals surface area contributed by atoms with Gasteiger partial charge in [-0.2, -0.15) is 0 Å². The first-order valence-corrected chi connectivity index (χ1v) is 7.24. The van der Waals surface area contributed by atoms with E-state index >= 15 is 0 Å². The summed E-state index contributed by atoms with van der Waals surface area (Å²) in [6.45, 7) is 7.84.